The van der Waals surface area contributed by atoms with E-state index in [1.807, 2.05) is 4.90 Å². The average Bonchev–Trinajstić information content (AvgIpc) is 2.49. The highest BCUT2D eigenvalue weighted by Gasteiger charge is 2.43. The fourth-order valence-electron chi connectivity index (χ4n) is 3.45. The van der Waals surface area contributed by atoms with Gasteiger partial charge in [0.2, 0.25) is 11.8 Å². The van der Waals surface area contributed by atoms with E-state index < -0.39 is 0 Å². The Kier molecular flexibility index (Phi) is 5.81. The van der Waals surface area contributed by atoms with Gasteiger partial charge in [-0.25, -0.2) is 0 Å². The first-order chi connectivity index (χ1) is 10.4. The smallest absolute Gasteiger partial charge is 0.248 e. The molecule has 6 heteroatoms. The highest BCUT2D eigenvalue weighted by molar-refractivity contribution is 5.76. The zero-order valence-corrected chi connectivity index (χ0v) is 14.0. The minimum atomic E-state index is -0.0165. The standard InChI is InChI=1S/C16H28N2O4/c1-13(19)18-7-4-16(5-8-18)6-9-21-10-14(16)11-22-12-15(20)17(2)3/h14H,4-12H2,1-3H3/t14-/m0/s1. The highest BCUT2D eigenvalue weighted by Crippen LogP contribution is 2.44. The molecule has 1 atom stereocenters. The number of hydrogen-bond donors (Lipinski definition) is 0. The van der Waals surface area contributed by atoms with E-state index in [1.165, 1.54) is 0 Å². The molecule has 2 fully saturated rings. The number of carbonyl (C=O) groups is 2. The lowest BCUT2D eigenvalue weighted by Gasteiger charge is -2.48. The summed E-state index contributed by atoms with van der Waals surface area (Å²) in [6.45, 7) is 5.43. The fourth-order valence-corrected chi connectivity index (χ4v) is 3.45. The molecule has 2 aliphatic rings. The lowest BCUT2D eigenvalue weighted by Crippen LogP contribution is -2.50. The Labute approximate surface area is 132 Å². The Morgan fingerprint density at radius 1 is 1.27 bits per heavy atom. The van der Waals surface area contributed by atoms with E-state index in [9.17, 15) is 9.59 Å². The molecule has 2 saturated heterocycles. The molecule has 6 nitrogen and oxygen atoms in total. The monoisotopic (exact) mass is 312 g/mol. The van der Waals surface area contributed by atoms with Gasteiger partial charge in [0.15, 0.2) is 0 Å². The van der Waals surface area contributed by atoms with Crippen LogP contribution >= 0.6 is 0 Å². The summed E-state index contributed by atoms with van der Waals surface area (Å²) in [5.41, 5.74) is 0.200. The number of nitrogens with zero attached hydrogens (tertiary/aromatic N) is 2. The first-order valence-corrected chi connectivity index (χ1v) is 8.06. The third kappa shape index (κ3) is 3.98. The van der Waals surface area contributed by atoms with Crippen LogP contribution in [-0.4, -0.2) is 75.2 Å². The molecule has 2 amide bonds. The number of amides is 2. The van der Waals surface area contributed by atoms with E-state index in [2.05, 4.69) is 0 Å². The third-order valence-electron chi connectivity index (χ3n) is 5.18. The van der Waals surface area contributed by atoms with Gasteiger partial charge in [-0.1, -0.05) is 0 Å². The van der Waals surface area contributed by atoms with Crippen molar-refractivity contribution in [3.05, 3.63) is 0 Å². The molecular weight excluding hydrogens is 284 g/mol. The van der Waals surface area contributed by atoms with Crippen LogP contribution in [-0.2, 0) is 19.1 Å². The van der Waals surface area contributed by atoms with Crippen molar-refractivity contribution in [2.75, 3.05) is 53.6 Å². The van der Waals surface area contributed by atoms with E-state index in [4.69, 9.17) is 9.47 Å². The largest absolute Gasteiger partial charge is 0.381 e. The lowest BCUT2D eigenvalue weighted by molar-refractivity contribution is -0.142. The quantitative estimate of drug-likeness (QED) is 0.769. The summed E-state index contributed by atoms with van der Waals surface area (Å²) in [5, 5.41) is 0. The zero-order valence-electron chi connectivity index (χ0n) is 14.0. The molecule has 1 spiro atoms. The molecule has 2 aliphatic heterocycles. The summed E-state index contributed by atoms with van der Waals surface area (Å²) >= 11 is 0. The molecule has 0 bridgehead atoms. The first-order valence-electron chi connectivity index (χ1n) is 8.06. The molecule has 126 valence electrons. The van der Waals surface area contributed by atoms with Gasteiger partial charge in [0.05, 0.1) is 13.2 Å². The van der Waals surface area contributed by atoms with E-state index in [-0.39, 0.29) is 23.8 Å². The minimum Gasteiger partial charge on any atom is -0.381 e. The summed E-state index contributed by atoms with van der Waals surface area (Å²) in [6.07, 6.45) is 3.03. The maximum atomic E-state index is 11.6. The number of carbonyl (C=O) groups excluding carboxylic acids is 2. The normalized spacial score (nSPS) is 24.3. The molecule has 0 aromatic rings. The fraction of sp³-hybridized carbons (Fsp3) is 0.875. The number of hydrogen-bond acceptors (Lipinski definition) is 4. The molecule has 0 aliphatic carbocycles. The summed E-state index contributed by atoms with van der Waals surface area (Å²) in [5.74, 6) is 0.453. The average molecular weight is 312 g/mol. The second-order valence-corrected chi connectivity index (χ2v) is 6.69. The van der Waals surface area contributed by atoms with Crippen LogP contribution in [0, 0.1) is 11.3 Å². The van der Waals surface area contributed by atoms with Crippen molar-refractivity contribution in [3.8, 4) is 0 Å². The molecular formula is C16H28N2O4. The second-order valence-electron chi connectivity index (χ2n) is 6.69. The van der Waals surface area contributed by atoms with E-state index >= 15 is 0 Å². The number of ether oxygens (including phenoxy) is 2. The number of likely N-dealkylation sites (tertiary alicyclic amines) is 1. The number of piperidine rings is 1. The van der Waals surface area contributed by atoms with Gasteiger partial charge in [-0.3, -0.25) is 9.59 Å². The lowest BCUT2D eigenvalue weighted by atomic mass is 9.66. The van der Waals surface area contributed by atoms with Gasteiger partial charge in [-0.05, 0) is 24.7 Å². The van der Waals surface area contributed by atoms with Crippen LogP contribution in [0.25, 0.3) is 0 Å². The van der Waals surface area contributed by atoms with E-state index in [0.717, 1.165) is 39.0 Å². The Morgan fingerprint density at radius 3 is 2.55 bits per heavy atom. The molecule has 0 unspecified atom stereocenters. The molecule has 2 rings (SSSR count). The van der Waals surface area contributed by atoms with Gasteiger partial charge in [-0.15, -0.1) is 0 Å². The molecule has 22 heavy (non-hydrogen) atoms. The third-order valence-corrected chi connectivity index (χ3v) is 5.18. The van der Waals surface area contributed by atoms with Crippen LogP contribution < -0.4 is 0 Å². The van der Waals surface area contributed by atoms with Crippen LogP contribution in [0.5, 0.6) is 0 Å². The van der Waals surface area contributed by atoms with Gasteiger partial charge >= 0.3 is 0 Å². The van der Waals surface area contributed by atoms with Crippen molar-refractivity contribution >= 4 is 11.8 Å². The Bertz CT molecular complexity index is 403. The Balaban J connectivity index is 1.88. The van der Waals surface area contributed by atoms with Gasteiger partial charge in [0.25, 0.3) is 0 Å². The summed E-state index contributed by atoms with van der Waals surface area (Å²) in [4.78, 5) is 26.6. The molecule has 0 radical (unpaired) electrons. The Hall–Kier alpha value is -1.14. The van der Waals surface area contributed by atoms with Crippen LogP contribution in [0.1, 0.15) is 26.2 Å². The van der Waals surface area contributed by atoms with Crippen molar-refractivity contribution in [1.29, 1.82) is 0 Å². The molecule has 2 heterocycles. The van der Waals surface area contributed by atoms with Crippen molar-refractivity contribution in [3.63, 3.8) is 0 Å². The predicted molar refractivity (Wildman–Crippen MR) is 82.4 cm³/mol. The van der Waals surface area contributed by atoms with Crippen molar-refractivity contribution in [2.24, 2.45) is 11.3 Å². The van der Waals surface area contributed by atoms with E-state index in [0.29, 0.717) is 19.1 Å². The molecule has 0 saturated carbocycles. The van der Waals surface area contributed by atoms with Gasteiger partial charge in [0.1, 0.15) is 6.61 Å². The van der Waals surface area contributed by atoms with Crippen molar-refractivity contribution in [1.82, 2.24) is 9.80 Å². The topological polar surface area (TPSA) is 59.1 Å². The molecule has 0 aromatic heterocycles. The van der Waals surface area contributed by atoms with Crippen LogP contribution in [0.3, 0.4) is 0 Å². The summed E-state index contributed by atoms with van der Waals surface area (Å²) < 4.78 is 11.3. The van der Waals surface area contributed by atoms with Gasteiger partial charge in [-0.2, -0.15) is 0 Å². The maximum absolute atomic E-state index is 11.6. The molecule has 0 N–H and O–H groups in total. The predicted octanol–water partition coefficient (Wildman–Crippen LogP) is 0.756. The van der Waals surface area contributed by atoms with Crippen molar-refractivity contribution in [2.45, 2.75) is 26.2 Å². The molecule has 0 aromatic carbocycles. The van der Waals surface area contributed by atoms with Gasteiger partial charge in [0, 0.05) is 46.6 Å². The Morgan fingerprint density at radius 2 is 1.95 bits per heavy atom. The number of rotatable bonds is 4. The summed E-state index contributed by atoms with van der Waals surface area (Å²) in [6, 6.07) is 0. The second kappa shape index (κ2) is 7.42. The van der Waals surface area contributed by atoms with E-state index in [1.54, 1.807) is 25.9 Å². The highest BCUT2D eigenvalue weighted by atomic mass is 16.5. The minimum absolute atomic E-state index is 0.0165. The van der Waals surface area contributed by atoms with Crippen molar-refractivity contribution < 1.29 is 19.1 Å². The maximum Gasteiger partial charge on any atom is 0.248 e. The van der Waals surface area contributed by atoms with Crippen LogP contribution in [0.2, 0.25) is 0 Å². The SMILES string of the molecule is CC(=O)N1CCC2(CCOC[C@H]2COCC(=O)N(C)C)CC1. The van der Waals surface area contributed by atoms with Gasteiger partial charge < -0.3 is 19.3 Å². The first kappa shape index (κ1) is 17.2. The van der Waals surface area contributed by atoms with Crippen LogP contribution in [0.4, 0.5) is 0 Å². The van der Waals surface area contributed by atoms with Crippen LogP contribution in [0.15, 0.2) is 0 Å². The zero-order chi connectivity index (χ0) is 16.2. The number of likely N-dealkylation sites (N-methyl/N-ethyl adjacent to an activating group) is 1. The summed E-state index contributed by atoms with van der Waals surface area (Å²) in [7, 11) is 3.46.